The zero-order valence-electron chi connectivity index (χ0n) is 10.8. The Kier molecular flexibility index (Phi) is 4.10. The minimum absolute atomic E-state index is 0.169. The van der Waals surface area contributed by atoms with Gasteiger partial charge in [0.2, 0.25) is 0 Å². The van der Waals surface area contributed by atoms with Gasteiger partial charge in [0.15, 0.2) is 0 Å². The van der Waals surface area contributed by atoms with Crippen LogP contribution in [0, 0.1) is 0 Å². The maximum absolute atomic E-state index is 12.1. The lowest BCUT2D eigenvalue weighted by atomic mass is 10.2. The number of benzene rings is 1. The maximum Gasteiger partial charge on any atom is 0.335 e. The van der Waals surface area contributed by atoms with Crippen LogP contribution in [0.1, 0.15) is 27.8 Å². The van der Waals surface area contributed by atoms with Gasteiger partial charge in [0.1, 0.15) is 5.69 Å². The highest BCUT2D eigenvalue weighted by atomic mass is 35.5. The Morgan fingerprint density at radius 2 is 1.95 bits per heavy atom. The van der Waals surface area contributed by atoms with Gasteiger partial charge in [0.25, 0.3) is 5.91 Å². The molecule has 0 bridgehead atoms. The molecule has 6 heteroatoms. The number of aromatic nitrogens is 1. The molecule has 20 heavy (non-hydrogen) atoms. The van der Waals surface area contributed by atoms with Crippen LogP contribution < -0.4 is 5.32 Å². The van der Waals surface area contributed by atoms with E-state index in [-0.39, 0.29) is 11.5 Å². The molecular formula is C14H13ClN2O3. The number of hydrogen-bond acceptors (Lipinski definition) is 2. The van der Waals surface area contributed by atoms with E-state index in [4.69, 9.17) is 16.7 Å². The van der Waals surface area contributed by atoms with Gasteiger partial charge in [-0.1, -0.05) is 11.6 Å². The number of hydrogen-bond donors (Lipinski definition) is 2. The van der Waals surface area contributed by atoms with E-state index in [2.05, 4.69) is 5.32 Å². The molecule has 0 radical (unpaired) electrons. The largest absolute Gasteiger partial charge is 0.478 e. The van der Waals surface area contributed by atoms with Gasteiger partial charge in [-0.05, 0) is 37.3 Å². The van der Waals surface area contributed by atoms with Crippen LogP contribution in [0.25, 0.3) is 0 Å². The Morgan fingerprint density at radius 3 is 2.50 bits per heavy atom. The third kappa shape index (κ3) is 3.00. The second-order valence-electron chi connectivity index (χ2n) is 4.17. The molecule has 2 rings (SSSR count). The van der Waals surface area contributed by atoms with Gasteiger partial charge in [-0.2, -0.15) is 0 Å². The summed E-state index contributed by atoms with van der Waals surface area (Å²) in [4.78, 5) is 22.9. The summed E-state index contributed by atoms with van der Waals surface area (Å²) in [6.07, 6.45) is 1.68. The summed E-state index contributed by atoms with van der Waals surface area (Å²) in [6.45, 7) is 2.54. The molecule has 0 aliphatic carbocycles. The smallest absolute Gasteiger partial charge is 0.335 e. The zero-order valence-corrected chi connectivity index (χ0v) is 11.5. The van der Waals surface area contributed by atoms with E-state index in [1.165, 1.54) is 12.1 Å². The third-order valence-corrected chi connectivity index (χ3v) is 3.03. The summed E-state index contributed by atoms with van der Waals surface area (Å²) in [6, 6.07) is 7.55. The molecule has 104 valence electrons. The van der Waals surface area contributed by atoms with Gasteiger partial charge in [0, 0.05) is 18.4 Å². The van der Waals surface area contributed by atoms with E-state index < -0.39 is 5.97 Å². The van der Waals surface area contributed by atoms with Gasteiger partial charge in [-0.25, -0.2) is 4.79 Å². The minimum Gasteiger partial charge on any atom is -0.478 e. The van der Waals surface area contributed by atoms with Crippen LogP contribution in [-0.2, 0) is 6.54 Å². The Hall–Kier alpha value is -2.27. The summed E-state index contributed by atoms with van der Waals surface area (Å²) >= 11 is 5.88. The fourth-order valence-corrected chi connectivity index (χ4v) is 2.04. The molecule has 0 aliphatic rings. The number of carboxylic acid groups (broad SMARTS) is 1. The molecule has 0 saturated heterocycles. The van der Waals surface area contributed by atoms with Gasteiger partial charge >= 0.3 is 5.97 Å². The van der Waals surface area contributed by atoms with Crippen molar-refractivity contribution in [2.75, 3.05) is 5.32 Å². The van der Waals surface area contributed by atoms with Crippen molar-refractivity contribution in [2.24, 2.45) is 0 Å². The molecule has 0 unspecified atom stereocenters. The predicted octanol–water partition coefficient (Wildman–Crippen LogP) is 3.11. The average Bonchev–Trinajstić information content (AvgIpc) is 2.80. The molecular weight excluding hydrogens is 280 g/mol. The fourth-order valence-electron chi connectivity index (χ4n) is 1.82. The second kappa shape index (κ2) is 5.79. The molecule has 5 nitrogen and oxygen atoms in total. The first-order chi connectivity index (χ1) is 9.51. The highest BCUT2D eigenvalue weighted by molar-refractivity contribution is 6.31. The number of amides is 1. The molecule has 2 N–H and O–H groups in total. The second-order valence-corrected chi connectivity index (χ2v) is 4.60. The molecule has 1 aromatic carbocycles. The van der Waals surface area contributed by atoms with Crippen molar-refractivity contribution in [3.8, 4) is 0 Å². The maximum atomic E-state index is 12.1. The quantitative estimate of drug-likeness (QED) is 0.909. The molecule has 2 aromatic rings. The minimum atomic E-state index is -1.01. The van der Waals surface area contributed by atoms with Crippen LogP contribution in [0.15, 0.2) is 36.5 Å². The molecule has 1 aromatic heterocycles. The van der Waals surface area contributed by atoms with Gasteiger partial charge in [0.05, 0.1) is 10.6 Å². The normalized spacial score (nSPS) is 10.3. The number of nitrogens with zero attached hydrogens (tertiary/aromatic N) is 1. The molecule has 1 amide bonds. The number of carbonyl (C=O) groups excluding carboxylic acids is 1. The lowest BCUT2D eigenvalue weighted by molar-refractivity contribution is 0.0696. The van der Waals surface area contributed by atoms with Gasteiger partial charge in [-0.3, -0.25) is 4.79 Å². The zero-order chi connectivity index (χ0) is 14.7. The van der Waals surface area contributed by atoms with Crippen LogP contribution in [0.4, 0.5) is 5.69 Å². The number of rotatable bonds is 4. The van der Waals surface area contributed by atoms with Gasteiger partial charge < -0.3 is 15.0 Å². The average molecular weight is 293 g/mol. The monoisotopic (exact) mass is 292 g/mol. The molecule has 0 aliphatic heterocycles. The first-order valence-electron chi connectivity index (χ1n) is 6.01. The first kappa shape index (κ1) is 14.1. The number of anilines is 1. The number of carboxylic acids is 1. The van der Waals surface area contributed by atoms with Crippen molar-refractivity contribution in [3.63, 3.8) is 0 Å². The number of nitrogens with one attached hydrogen (secondary N) is 1. The van der Waals surface area contributed by atoms with E-state index >= 15 is 0 Å². The number of carbonyl (C=O) groups is 2. The highest BCUT2D eigenvalue weighted by Gasteiger charge is 2.13. The summed E-state index contributed by atoms with van der Waals surface area (Å²) in [5.41, 5.74) is 1.16. The molecule has 1 heterocycles. The Labute approximate surface area is 120 Å². The van der Waals surface area contributed by atoms with Gasteiger partial charge in [-0.15, -0.1) is 0 Å². The van der Waals surface area contributed by atoms with Crippen molar-refractivity contribution in [2.45, 2.75) is 13.5 Å². The Balaban J connectivity index is 2.16. The Bertz CT molecular complexity index is 647. The van der Waals surface area contributed by atoms with E-state index in [0.717, 1.165) is 0 Å². The van der Waals surface area contributed by atoms with Crippen molar-refractivity contribution >= 4 is 29.2 Å². The number of halogens is 1. The summed E-state index contributed by atoms with van der Waals surface area (Å²) in [5, 5.41) is 12.0. The first-order valence-corrected chi connectivity index (χ1v) is 6.39. The standard InChI is InChI=1S/C14H13ClN2O3/c1-2-17-8-10(15)7-12(17)13(18)16-11-5-3-9(4-6-11)14(19)20/h3-8H,2H2,1H3,(H,16,18)(H,19,20). The number of aryl methyl sites for hydroxylation is 1. The summed E-state index contributed by atoms with van der Waals surface area (Å²) in [5.74, 6) is -1.30. The van der Waals surface area contributed by atoms with Crippen LogP contribution in [0.3, 0.4) is 0 Å². The van der Waals surface area contributed by atoms with Crippen LogP contribution >= 0.6 is 11.6 Å². The lowest BCUT2D eigenvalue weighted by Gasteiger charge is -2.07. The molecule has 0 saturated carbocycles. The van der Waals surface area contributed by atoms with E-state index in [1.807, 2.05) is 6.92 Å². The summed E-state index contributed by atoms with van der Waals surface area (Å²) < 4.78 is 1.74. The fraction of sp³-hybridized carbons (Fsp3) is 0.143. The third-order valence-electron chi connectivity index (χ3n) is 2.83. The predicted molar refractivity (Wildman–Crippen MR) is 76.5 cm³/mol. The van der Waals surface area contributed by atoms with Crippen LogP contribution in [-0.4, -0.2) is 21.6 Å². The van der Waals surface area contributed by atoms with E-state index in [1.54, 1.807) is 29.0 Å². The van der Waals surface area contributed by atoms with Crippen LogP contribution in [0.2, 0.25) is 5.02 Å². The van der Waals surface area contributed by atoms with E-state index in [0.29, 0.717) is 22.9 Å². The molecule has 0 atom stereocenters. The Morgan fingerprint density at radius 1 is 1.30 bits per heavy atom. The number of aromatic carboxylic acids is 1. The molecule has 0 spiro atoms. The van der Waals surface area contributed by atoms with Crippen molar-refractivity contribution < 1.29 is 14.7 Å². The lowest BCUT2D eigenvalue weighted by Crippen LogP contribution is -2.16. The van der Waals surface area contributed by atoms with E-state index in [9.17, 15) is 9.59 Å². The van der Waals surface area contributed by atoms with Crippen molar-refractivity contribution in [1.29, 1.82) is 0 Å². The SMILES string of the molecule is CCn1cc(Cl)cc1C(=O)Nc1ccc(C(=O)O)cc1. The highest BCUT2D eigenvalue weighted by Crippen LogP contribution is 2.16. The topological polar surface area (TPSA) is 71.3 Å². The van der Waals surface area contributed by atoms with Crippen molar-refractivity contribution in [1.82, 2.24) is 4.57 Å². The molecule has 0 fully saturated rings. The summed E-state index contributed by atoms with van der Waals surface area (Å²) in [7, 11) is 0. The van der Waals surface area contributed by atoms with Crippen molar-refractivity contribution in [3.05, 3.63) is 52.8 Å². The van der Waals surface area contributed by atoms with Crippen LogP contribution in [0.5, 0.6) is 0 Å².